The van der Waals surface area contributed by atoms with Crippen molar-refractivity contribution in [2.45, 2.75) is 45.1 Å². The average Bonchev–Trinajstić information content (AvgIpc) is 2.14. The van der Waals surface area contributed by atoms with Gasteiger partial charge in [0.2, 0.25) is 5.91 Å². The minimum atomic E-state index is -0.882. The second kappa shape index (κ2) is 8.23. The normalized spacial score (nSPS) is 12.1. The number of amides is 1. The number of carboxylic acid groups (broad SMARTS) is 1. The monoisotopic (exact) mass is 216 g/mol. The van der Waals surface area contributed by atoms with Crippen LogP contribution in [0.3, 0.4) is 0 Å². The number of carboxylic acids is 1. The van der Waals surface area contributed by atoms with Gasteiger partial charge in [-0.1, -0.05) is 13.3 Å². The fourth-order valence-electron chi connectivity index (χ4n) is 1.35. The molecule has 0 aromatic rings. The van der Waals surface area contributed by atoms with E-state index in [0.717, 1.165) is 6.42 Å². The molecule has 0 spiro atoms. The number of hydrogen-bond donors (Lipinski definition) is 3. The lowest BCUT2D eigenvalue weighted by atomic mass is 10.1. The summed E-state index contributed by atoms with van der Waals surface area (Å²) >= 11 is 0. The van der Waals surface area contributed by atoms with Crippen LogP contribution in [-0.4, -0.2) is 29.6 Å². The average molecular weight is 216 g/mol. The SMILES string of the molecule is CCCC(CC(=O)O)NC(=O)CCCN. The number of hydrogen-bond acceptors (Lipinski definition) is 3. The predicted octanol–water partition coefficient (Wildman–Crippen LogP) is 0.485. The Morgan fingerprint density at radius 3 is 2.60 bits per heavy atom. The highest BCUT2D eigenvalue weighted by molar-refractivity contribution is 5.77. The summed E-state index contributed by atoms with van der Waals surface area (Å²) in [5.41, 5.74) is 5.27. The molecule has 0 saturated carbocycles. The Morgan fingerprint density at radius 1 is 1.47 bits per heavy atom. The van der Waals surface area contributed by atoms with Crippen molar-refractivity contribution in [1.82, 2.24) is 5.32 Å². The number of nitrogens with two attached hydrogens (primary N) is 1. The summed E-state index contributed by atoms with van der Waals surface area (Å²) in [6.07, 6.45) is 2.55. The molecular weight excluding hydrogens is 196 g/mol. The molecular formula is C10H20N2O3. The molecule has 0 aliphatic rings. The lowest BCUT2D eigenvalue weighted by molar-refractivity contribution is -0.137. The molecule has 0 rings (SSSR count). The zero-order valence-electron chi connectivity index (χ0n) is 9.16. The van der Waals surface area contributed by atoms with Crippen molar-refractivity contribution in [3.63, 3.8) is 0 Å². The van der Waals surface area contributed by atoms with Crippen molar-refractivity contribution in [2.24, 2.45) is 5.73 Å². The Hall–Kier alpha value is -1.10. The number of aliphatic carboxylic acids is 1. The van der Waals surface area contributed by atoms with E-state index in [0.29, 0.717) is 25.8 Å². The first-order chi connectivity index (χ1) is 7.10. The molecule has 0 heterocycles. The van der Waals surface area contributed by atoms with Crippen LogP contribution < -0.4 is 11.1 Å². The van der Waals surface area contributed by atoms with Gasteiger partial charge in [0.1, 0.15) is 0 Å². The van der Waals surface area contributed by atoms with Gasteiger partial charge >= 0.3 is 5.97 Å². The molecule has 0 aliphatic carbocycles. The maximum absolute atomic E-state index is 11.3. The molecule has 0 bridgehead atoms. The molecule has 5 nitrogen and oxygen atoms in total. The van der Waals surface area contributed by atoms with Crippen molar-refractivity contribution in [3.8, 4) is 0 Å². The van der Waals surface area contributed by atoms with E-state index >= 15 is 0 Å². The van der Waals surface area contributed by atoms with E-state index in [9.17, 15) is 9.59 Å². The Labute approximate surface area is 90.0 Å². The fourth-order valence-corrected chi connectivity index (χ4v) is 1.35. The van der Waals surface area contributed by atoms with Gasteiger partial charge in [-0.05, 0) is 19.4 Å². The molecule has 4 N–H and O–H groups in total. The highest BCUT2D eigenvalue weighted by atomic mass is 16.4. The van der Waals surface area contributed by atoms with E-state index in [4.69, 9.17) is 10.8 Å². The third kappa shape index (κ3) is 7.93. The Kier molecular flexibility index (Phi) is 7.62. The van der Waals surface area contributed by atoms with E-state index in [2.05, 4.69) is 5.32 Å². The Balaban J connectivity index is 3.92. The highest BCUT2D eigenvalue weighted by Gasteiger charge is 2.14. The van der Waals surface area contributed by atoms with Crippen LogP contribution in [0.1, 0.15) is 39.0 Å². The molecule has 0 aromatic heterocycles. The van der Waals surface area contributed by atoms with E-state index in [1.54, 1.807) is 0 Å². The molecule has 5 heteroatoms. The van der Waals surface area contributed by atoms with Crippen molar-refractivity contribution in [1.29, 1.82) is 0 Å². The van der Waals surface area contributed by atoms with Crippen LogP contribution in [0.5, 0.6) is 0 Å². The third-order valence-corrected chi connectivity index (χ3v) is 2.03. The minimum Gasteiger partial charge on any atom is -0.481 e. The Morgan fingerprint density at radius 2 is 2.13 bits per heavy atom. The molecule has 0 aliphatic heterocycles. The lowest BCUT2D eigenvalue weighted by Gasteiger charge is -2.15. The maximum atomic E-state index is 11.3. The van der Waals surface area contributed by atoms with E-state index < -0.39 is 5.97 Å². The maximum Gasteiger partial charge on any atom is 0.305 e. The standard InChI is InChI=1S/C10H20N2O3/c1-2-4-8(7-10(14)15)12-9(13)5-3-6-11/h8H,2-7,11H2,1H3,(H,12,13)(H,14,15). The third-order valence-electron chi connectivity index (χ3n) is 2.03. The fraction of sp³-hybridized carbons (Fsp3) is 0.800. The molecule has 1 unspecified atom stereocenters. The molecule has 1 atom stereocenters. The topological polar surface area (TPSA) is 92.4 Å². The number of nitrogens with one attached hydrogen (secondary N) is 1. The van der Waals surface area contributed by atoms with Gasteiger partial charge in [-0.3, -0.25) is 9.59 Å². The zero-order chi connectivity index (χ0) is 11.7. The summed E-state index contributed by atoms with van der Waals surface area (Å²) in [5.74, 6) is -0.993. The largest absolute Gasteiger partial charge is 0.481 e. The summed E-state index contributed by atoms with van der Waals surface area (Å²) in [4.78, 5) is 21.8. The number of rotatable bonds is 8. The van der Waals surface area contributed by atoms with Crippen LogP contribution in [0.2, 0.25) is 0 Å². The quantitative estimate of drug-likeness (QED) is 0.550. The second-order valence-electron chi connectivity index (χ2n) is 3.54. The second-order valence-corrected chi connectivity index (χ2v) is 3.54. The highest BCUT2D eigenvalue weighted by Crippen LogP contribution is 2.02. The molecule has 0 radical (unpaired) electrons. The number of carbonyl (C=O) groups is 2. The van der Waals surface area contributed by atoms with Crippen molar-refractivity contribution >= 4 is 11.9 Å². The van der Waals surface area contributed by atoms with Crippen LogP contribution in [-0.2, 0) is 9.59 Å². The molecule has 0 fully saturated rings. The van der Waals surface area contributed by atoms with Gasteiger partial charge in [0.25, 0.3) is 0 Å². The molecule has 1 amide bonds. The summed E-state index contributed by atoms with van der Waals surface area (Å²) in [6.45, 7) is 2.44. The zero-order valence-corrected chi connectivity index (χ0v) is 9.16. The molecule has 15 heavy (non-hydrogen) atoms. The van der Waals surface area contributed by atoms with Crippen LogP contribution in [0, 0.1) is 0 Å². The molecule has 0 saturated heterocycles. The van der Waals surface area contributed by atoms with Crippen molar-refractivity contribution in [2.75, 3.05) is 6.54 Å². The van der Waals surface area contributed by atoms with Gasteiger partial charge in [-0.25, -0.2) is 0 Å². The van der Waals surface area contributed by atoms with E-state index in [1.807, 2.05) is 6.92 Å². The first kappa shape index (κ1) is 13.9. The summed E-state index contributed by atoms with van der Waals surface area (Å²) in [7, 11) is 0. The van der Waals surface area contributed by atoms with Gasteiger partial charge in [-0.15, -0.1) is 0 Å². The van der Waals surface area contributed by atoms with Crippen LogP contribution in [0.25, 0.3) is 0 Å². The van der Waals surface area contributed by atoms with Crippen LogP contribution in [0.15, 0.2) is 0 Å². The summed E-state index contributed by atoms with van der Waals surface area (Å²) < 4.78 is 0. The van der Waals surface area contributed by atoms with Crippen LogP contribution >= 0.6 is 0 Å². The van der Waals surface area contributed by atoms with Crippen molar-refractivity contribution < 1.29 is 14.7 Å². The van der Waals surface area contributed by atoms with Crippen LogP contribution in [0.4, 0.5) is 0 Å². The first-order valence-corrected chi connectivity index (χ1v) is 5.31. The van der Waals surface area contributed by atoms with Gasteiger partial charge in [0, 0.05) is 12.5 Å². The predicted molar refractivity (Wildman–Crippen MR) is 57.4 cm³/mol. The molecule has 0 aromatic carbocycles. The summed E-state index contributed by atoms with van der Waals surface area (Å²) in [5, 5.41) is 11.3. The van der Waals surface area contributed by atoms with E-state index in [-0.39, 0.29) is 18.4 Å². The lowest BCUT2D eigenvalue weighted by Crippen LogP contribution is -2.36. The van der Waals surface area contributed by atoms with E-state index in [1.165, 1.54) is 0 Å². The van der Waals surface area contributed by atoms with Gasteiger partial charge in [-0.2, -0.15) is 0 Å². The van der Waals surface area contributed by atoms with Gasteiger partial charge in [0.15, 0.2) is 0 Å². The number of carbonyl (C=O) groups excluding carboxylic acids is 1. The van der Waals surface area contributed by atoms with Crippen molar-refractivity contribution in [3.05, 3.63) is 0 Å². The summed E-state index contributed by atoms with van der Waals surface area (Å²) in [6, 6.07) is -0.252. The van der Waals surface area contributed by atoms with Gasteiger partial charge in [0.05, 0.1) is 6.42 Å². The van der Waals surface area contributed by atoms with Gasteiger partial charge < -0.3 is 16.2 Å². The smallest absolute Gasteiger partial charge is 0.305 e. The first-order valence-electron chi connectivity index (χ1n) is 5.31. The molecule has 88 valence electrons. The minimum absolute atomic E-state index is 0.0117. The Bertz CT molecular complexity index is 207.